The van der Waals surface area contributed by atoms with E-state index in [1.54, 1.807) is 0 Å². The van der Waals surface area contributed by atoms with E-state index in [1.807, 2.05) is 12.1 Å². The van der Waals surface area contributed by atoms with Gasteiger partial charge in [0, 0.05) is 27.4 Å². The first kappa shape index (κ1) is 23.1. The largest absolute Gasteiger partial charge is 0.456 e. The second-order valence-electron chi connectivity index (χ2n) is 10.9. The lowest BCUT2D eigenvalue weighted by atomic mass is 9.90. The average Bonchev–Trinajstić information content (AvgIpc) is 3.39. The number of nitrogens with zero attached hydrogens (tertiary/aromatic N) is 1. The van der Waals surface area contributed by atoms with Gasteiger partial charge in [0.15, 0.2) is 0 Å². The summed E-state index contributed by atoms with van der Waals surface area (Å²) in [4.78, 5) is 0. The quantitative estimate of drug-likeness (QED) is 0.219. The van der Waals surface area contributed by atoms with E-state index < -0.39 is 0 Å². The zero-order valence-corrected chi connectivity index (χ0v) is 22.8. The van der Waals surface area contributed by atoms with Gasteiger partial charge in [0.2, 0.25) is 0 Å². The van der Waals surface area contributed by atoms with Gasteiger partial charge in [-0.3, -0.25) is 0 Å². The molecule has 0 radical (unpaired) electrons. The van der Waals surface area contributed by atoms with Crippen LogP contribution in [-0.2, 0) is 0 Å². The number of para-hydroxylation sites is 3. The molecular formula is C40H25NO. The Labute approximate surface area is 243 Å². The highest BCUT2D eigenvalue weighted by atomic mass is 16.5. The fraction of sp³-hybridized carbons (Fsp3) is 0. The van der Waals surface area contributed by atoms with Gasteiger partial charge in [0.25, 0.3) is 0 Å². The highest BCUT2D eigenvalue weighted by Gasteiger charge is 2.21. The Balaban J connectivity index is 1.16. The van der Waals surface area contributed by atoms with Crippen LogP contribution in [0.25, 0.3) is 71.6 Å². The zero-order valence-electron chi connectivity index (χ0n) is 22.8. The lowest BCUT2D eigenvalue weighted by Crippen LogP contribution is -1.97. The Morgan fingerprint density at radius 3 is 1.98 bits per heavy atom. The maximum Gasteiger partial charge on any atom is 0.135 e. The Morgan fingerprint density at radius 2 is 1.07 bits per heavy atom. The first-order chi connectivity index (χ1) is 20.8. The lowest BCUT2D eigenvalue weighted by molar-refractivity contribution is 0.487. The van der Waals surface area contributed by atoms with Crippen molar-refractivity contribution in [2.24, 2.45) is 0 Å². The van der Waals surface area contributed by atoms with Crippen LogP contribution in [0.3, 0.4) is 0 Å². The molecule has 1 aromatic heterocycles. The number of hydrogen-bond acceptors (Lipinski definition) is 1. The van der Waals surface area contributed by atoms with E-state index in [1.165, 1.54) is 66.1 Å². The molecular weight excluding hydrogens is 510 g/mol. The maximum absolute atomic E-state index is 6.31. The van der Waals surface area contributed by atoms with Gasteiger partial charge in [-0.25, -0.2) is 0 Å². The molecule has 7 aromatic carbocycles. The molecule has 0 amide bonds. The van der Waals surface area contributed by atoms with E-state index >= 15 is 0 Å². The third-order valence-corrected chi connectivity index (χ3v) is 8.62. The van der Waals surface area contributed by atoms with Crippen LogP contribution in [0, 0.1) is 0 Å². The summed E-state index contributed by atoms with van der Waals surface area (Å²) in [6.07, 6.45) is 0. The maximum atomic E-state index is 6.31. The molecule has 0 aliphatic carbocycles. The molecule has 0 unspecified atom stereocenters. The summed E-state index contributed by atoms with van der Waals surface area (Å²) < 4.78 is 8.69. The van der Waals surface area contributed by atoms with Crippen molar-refractivity contribution in [2.45, 2.75) is 0 Å². The number of ether oxygens (including phenoxy) is 1. The molecule has 0 N–H and O–H groups in total. The van der Waals surface area contributed by atoms with Crippen molar-refractivity contribution in [2.75, 3.05) is 0 Å². The Morgan fingerprint density at radius 1 is 0.381 bits per heavy atom. The van der Waals surface area contributed by atoms with Crippen LogP contribution in [0.4, 0.5) is 0 Å². The van der Waals surface area contributed by atoms with E-state index in [2.05, 4.69) is 144 Å². The summed E-state index contributed by atoms with van der Waals surface area (Å²) in [6.45, 7) is 0. The fourth-order valence-electron chi connectivity index (χ4n) is 6.68. The predicted octanol–water partition coefficient (Wildman–Crippen LogP) is 11.0. The molecule has 2 heteroatoms. The van der Waals surface area contributed by atoms with Crippen LogP contribution in [-0.4, -0.2) is 4.57 Å². The Hall–Kier alpha value is -5.60. The van der Waals surface area contributed by atoms with Crippen molar-refractivity contribution < 1.29 is 4.74 Å². The number of rotatable bonds is 3. The standard InChI is InChI=1S/C40H25NO/c1-2-9-29(10-3-1)41-36-15-6-4-11-31(36)32-22-21-28(25-37(32)41)26-17-19-27(20-18-26)30-23-24-39-40-34(30)13-8-14-35(40)33-12-5-7-16-38(33)42-39/h1-25H. The molecule has 2 heterocycles. The third-order valence-electron chi connectivity index (χ3n) is 8.62. The van der Waals surface area contributed by atoms with Crippen molar-refractivity contribution in [3.8, 4) is 50.6 Å². The van der Waals surface area contributed by atoms with Gasteiger partial charge in [-0.2, -0.15) is 0 Å². The van der Waals surface area contributed by atoms with Crippen molar-refractivity contribution >= 4 is 32.6 Å². The van der Waals surface area contributed by atoms with Gasteiger partial charge in [-0.15, -0.1) is 0 Å². The summed E-state index contributed by atoms with van der Waals surface area (Å²) in [5.74, 6) is 1.83. The molecule has 0 fully saturated rings. The van der Waals surface area contributed by atoms with Crippen LogP contribution in [0.15, 0.2) is 152 Å². The molecule has 0 bridgehead atoms. The Kier molecular flexibility index (Phi) is 4.93. The van der Waals surface area contributed by atoms with Crippen LogP contribution in [0.2, 0.25) is 0 Å². The monoisotopic (exact) mass is 535 g/mol. The molecule has 0 atom stereocenters. The van der Waals surface area contributed by atoms with Gasteiger partial charge < -0.3 is 9.30 Å². The first-order valence-corrected chi connectivity index (χ1v) is 14.4. The SMILES string of the molecule is c1ccc(-n2c3ccccc3c3ccc(-c4ccc(-c5ccc6c7c(cccc57)-c5ccccc5O6)cc4)cc32)cc1. The first-order valence-electron chi connectivity index (χ1n) is 14.4. The molecule has 2 nitrogen and oxygen atoms in total. The van der Waals surface area contributed by atoms with Gasteiger partial charge in [-0.05, 0) is 69.6 Å². The van der Waals surface area contributed by atoms with E-state index in [0.717, 1.165) is 17.1 Å². The van der Waals surface area contributed by atoms with Crippen LogP contribution in [0.1, 0.15) is 0 Å². The van der Waals surface area contributed by atoms with Crippen LogP contribution in [0.5, 0.6) is 11.5 Å². The van der Waals surface area contributed by atoms with Gasteiger partial charge in [0.05, 0.1) is 11.0 Å². The number of benzene rings is 7. The van der Waals surface area contributed by atoms with Gasteiger partial charge in [-0.1, -0.05) is 115 Å². The van der Waals surface area contributed by atoms with E-state index in [9.17, 15) is 0 Å². The minimum absolute atomic E-state index is 0.915. The summed E-state index contributed by atoms with van der Waals surface area (Å²) in [6, 6.07) is 54.3. The molecule has 1 aliphatic heterocycles. The number of aromatic nitrogens is 1. The summed E-state index contributed by atoms with van der Waals surface area (Å²) in [5.41, 5.74) is 10.8. The zero-order chi connectivity index (χ0) is 27.6. The molecule has 0 spiro atoms. The van der Waals surface area contributed by atoms with E-state index in [0.29, 0.717) is 0 Å². The third kappa shape index (κ3) is 3.39. The number of fused-ring (bicyclic) bond motifs is 5. The number of hydrogen-bond donors (Lipinski definition) is 0. The highest BCUT2D eigenvalue weighted by Crippen LogP contribution is 2.48. The topological polar surface area (TPSA) is 14.2 Å². The smallest absolute Gasteiger partial charge is 0.135 e. The van der Waals surface area contributed by atoms with Crippen molar-refractivity contribution in [1.82, 2.24) is 4.57 Å². The molecule has 0 saturated carbocycles. The lowest BCUT2D eigenvalue weighted by Gasteiger charge is -2.22. The summed E-state index contributed by atoms with van der Waals surface area (Å²) in [7, 11) is 0. The second-order valence-corrected chi connectivity index (χ2v) is 10.9. The normalized spacial score (nSPS) is 12.0. The molecule has 42 heavy (non-hydrogen) atoms. The summed E-state index contributed by atoms with van der Waals surface area (Å²) >= 11 is 0. The summed E-state index contributed by atoms with van der Waals surface area (Å²) in [5, 5.41) is 4.92. The second kappa shape index (κ2) is 8.95. The minimum atomic E-state index is 0.915. The van der Waals surface area contributed by atoms with Crippen molar-refractivity contribution in [3.63, 3.8) is 0 Å². The molecule has 1 aliphatic rings. The Bertz CT molecular complexity index is 2310. The van der Waals surface area contributed by atoms with Crippen LogP contribution >= 0.6 is 0 Å². The van der Waals surface area contributed by atoms with Crippen LogP contribution < -0.4 is 4.74 Å². The highest BCUT2D eigenvalue weighted by molar-refractivity contribution is 6.11. The molecule has 9 rings (SSSR count). The molecule has 196 valence electrons. The van der Waals surface area contributed by atoms with Gasteiger partial charge in [0.1, 0.15) is 11.5 Å². The molecule has 0 saturated heterocycles. The minimum Gasteiger partial charge on any atom is -0.456 e. The fourth-order valence-corrected chi connectivity index (χ4v) is 6.68. The van der Waals surface area contributed by atoms with Crippen molar-refractivity contribution in [1.29, 1.82) is 0 Å². The average molecular weight is 536 g/mol. The van der Waals surface area contributed by atoms with Gasteiger partial charge >= 0.3 is 0 Å². The van der Waals surface area contributed by atoms with Crippen molar-refractivity contribution in [3.05, 3.63) is 152 Å². The van der Waals surface area contributed by atoms with E-state index in [-0.39, 0.29) is 0 Å². The van der Waals surface area contributed by atoms with E-state index in [4.69, 9.17) is 4.74 Å². The predicted molar refractivity (Wildman–Crippen MR) is 175 cm³/mol. The molecule has 8 aromatic rings.